The van der Waals surface area contributed by atoms with E-state index in [0.717, 1.165) is 6.26 Å². The van der Waals surface area contributed by atoms with Crippen LogP contribution in [0.1, 0.15) is 59.2 Å². The van der Waals surface area contributed by atoms with Gasteiger partial charge in [0.1, 0.15) is 12.2 Å². The number of halogens is 9. The summed E-state index contributed by atoms with van der Waals surface area (Å²) in [5, 5.41) is 29.7. The number of alkyl halides is 9. The normalized spacial score (nSPS) is 17.4. The summed E-state index contributed by atoms with van der Waals surface area (Å²) < 4.78 is 125. The van der Waals surface area contributed by atoms with Gasteiger partial charge in [-0.25, -0.2) is 4.79 Å². The van der Waals surface area contributed by atoms with Crippen LogP contribution >= 0.6 is 0 Å². The van der Waals surface area contributed by atoms with Crippen LogP contribution in [0.2, 0.25) is 0 Å². The van der Waals surface area contributed by atoms with E-state index < -0.39 is 66.8 Å². The van der Waals surface area contributed by atoms with Crippen molar-refractivity contribution in [2.45, 2.75) is 106 Å². The molecule has 0 aliphatic rings. The summed E-state index contributed by atoms with van der Waals surface area (Å²) >= 11 is 0. The third-order valence-electron chi connectivity index (χ3n) is 5.91. The van der Waals surface area contributed by atoms with Gasteiger partial charge in [0.2, 0.25) is 0 Å². The molecule has 0 aromatic heterocycles. The Morgan fingerprint density at radius 3 is 1.74 bits per heavy atom. The second-order valence-corrected chi connectivity index (χ2v) is 8.90. The van der Waals surface area contributed by atoms with Crippen LogP contribution in [-0.2, 0) is 14.3 Å². The van der Waals surface area contributed by atoms with Crippen LogP contribution in [0.25, 0.3) is 0 Å². The summed E-state index contributed by atoms with van der Waals surface area (Å²) in [5.74, 6) is -21.0. The van der Waals surface area contributed by atoms with Gasteiger partial charge in [-0.05, 0) is 12.8 Å². The van der Waals surface area contributed by atoms with Gasteiger partial charge in [0, 0.05) is 8.54 Å². The van der Waals surface area contributed by atoms with Crippen molar-refractivity contribution in [3.63, 3.8) is 0 Å². The largest absolute Gasteiger partial charge is 0.460 e. The third-order valence-corrected chi connectivity index (χ3v) is 5.91. The Morgan fingerprint density at radius 2 is 1.32 bits per heavy atom. The molecule has 0 aromatic carbocycles. The highest BCUT2D eigenvalue weighted by Crippen LogP contribution is 2.54. The van der Waals surface area contributed by atoms with Crippen molar-refractivity contribution in [2.24, 2.45) is 5.73 Å². The molecule has 0 fully saturated rings. The molecular formula is C22H36F9NO6. The van der Waals surface area contributed by atoms with Crippen LogP contribution in [0.3, 0.4) is 0 Å². The van der Waals surface area contributed by atoms with E-state index in [4.69, 9.17) is 10.5 Å². The molecule has 0 aromatic rings. The number of carbonyl (C=O) groups excluding carboxylic acids is 1. The number of hydrogen-bond acceptors (Lipinski definition) is 7. The number of methoxy groups -OCH3 is 1. The highest BCUT2D eigenvalue weighted by Gasteiger charge is 2.82. The molecule has 0 heterocycles. The number of carbonyl (C=O) groups is 1. The molecule has 0 aliphatic carbocycles. The van der Waals surface area contributed by atoms with Crippen molar-refractivity contribution in [3.05, 3.63) is 12.8 Å². The Balaban J connectivity index is 0. The van der Waals surface area contributed by atoms with Crippen molar-refractivity contribution in [3.8, 4) is 0 Å². The number of aliphatic hydroxyl groups excluding tert-OH is 3. The van der Waals surface area contributed by atoms with E-state index in [1.807, 2.05) is 0 Å². The standard InChI is InChI=1S/C22H34F9NO6.H2/c1-3-38-17(36)18(32,13-37-2)16(35)14(33)11-9-7-5-4-6-8-10-12-15(34)19(23,24)20(25,26)21(27,28)22(29,30)31;/h3,14-16,33-35H,1,4-13,32H2,2H3;1H. The Kier molecular flexibility index (Phi) is 14.1. The zero-order valence-electron chi connectivity index (χ0n) is 20.6. The highest BCUT2D eigenvalue weighted by atomic mass is 19.4. The molecule has 0 saturated heterocycles. The van der Waals surface area contributed by atoms with E-state index >= 15 is 0 Å². The SMILES string of the molecule is C=COC(=O)C(N)(COC)C(O)C(O)CCCCCCCCCC(O)C(F)(F)C(F)(F)C(F)(F)C(F)(F)F.[HH]. The van der Waals surface area contributed by atoms with Crippen molar-refractivity contribution in [1.29, 1.82) is 0 Å². The third kappa shape index (κ3) is 8.69. The maximum Gasteiger partial charge on any atom is 0.460 e. The summed E-state index contributed by atoms with van der Waals surface area (Å²) in [7, 11) is 1.22. The Hall–Kier alpha value is -1.62. The fourth-order valence-electron chi connectivity index (χ4n) is 3.54. The molecular weight excluding hydrogens is 545 g/mol. The Bertz CT molecular complexity index is 745. The number of hydrogen-bond donors (Lipinski definition) is 4. The van der Waals surface area contributed by atoms with Crippen LogP contribution in [-0.4, -0.2) is 82.8 Å². The number of rotatable bonds is 19. The average Bonchev–Trinajstić information content (AvgIpc) is 2.81. The highest BCUT2D eigenvalue weighted by molar-refractivity contribution is 5.82. The smallest absolute Gasteiger partial charge is 0.434 e. The van der Waals surface area contributed by atoms with E-state index in [0.29, 0.717) is 32.1 Å². The summed E-state index contributed by atoms with van der Waals surface area (Å²) in [6.45, 7) is 2.74. The first-order valence-electron chi connectivity index (χ1n) is 11.6. The summed E-state index contributed by atoms with van der Waals surface area (Å²) in [6, 6.07) is 0. The summed E-state index contributed by atoms with van der Waals surface area (Å²) in [5.41, 5.74) is 3.78. The van der Waals surface area contributed by atoms with Gasteiger partial charge in [0.15, 0.2) is 5.54 Å². The van der Waals surface area contributed by atoms with Gasteiger partial charge in [0.25, 0.3) is 0 Å². The van der Waals surface area contributed by atoms with E-state index in [1.54, 1.807) is 0 Å². The Morgan fingerprint density at radius 1 is 0.868 bits per heavy atom. The van der Waals surface area contributed by atoms with Crippen molar-refractivity contribution < 1.29 is 70.5 Å². The maximum absolute atomic E-state index is 13.6. The molecule has 4 atom stereocenters. The van der Waals surface area contributed by atoms with Crippen molar-refractivity contribution in [2.75, 3.05) is 13.7 Å². The Labute approximate surface area is 215 Å². The van der Waals surface area contributed by atoms with Gasteiger partial charge in [-0.15, -0.1) is 0 Å². The molecule has 0 radical (unpaired) electrons. The minimum atomic E-state index is -7.04. The molecule has 5 N–H and O–H groups in total. The van der Waals surface area contributed by atoms with E-state index in [-0.39, 0.29) is 20.7 Å². The lowest BCUT2D eigenvalue weighted by Crippen LogP contribution is -2.64. The second kappa shape index (κ2) is 14.7. The van der Waals surface area contributed by atoms with Crippen LogP contribution in [0.4, 0.5) is 39.5 Å². The first-order valence-corrected chi connectivity index (χ1v) is 11.6. The molecule has 228 valence electrons. The molecule has 4 unspecified atom stereocenters. The maximum atomic E-state index is 13.6. The quantitative estimate of drug-likeness (QED) is 0.0776. The number of esters is 1. The minimum absolute atomic E-state index is 0. The molecule has 0 amide bonds. The van der Waals surface area contributed by atoms with Gasteiger partial charge in [-0.1, -0.05) is 51.5 Å². The van der Waals surface area contributed by atoms with Gasteiger partial charge >= 0.3 is 29.9 Å². The van der Waals surface area contributed by atoms with Crippen LogP contribution < -0.4 is 5.73 Å². The number of ether oxygens (including phenoxy) is 2. The molecule has 0 saturated carbocycles. The molecule has 0 aliphatic heterocycles. The van der Waals surface area contributed by atoms with Gasteiger partial charge < -0.3 is 30.5 Å². The van der Waals surface area contributed by atoms with Gasteiger partial charge in [-0.3, -0.25) is 0 Å². The average molecular weight is 582 g/mol. The van der Waals surface area contributed by atoms with E-state index in [2.05, 4.69) is 11.3 Å². The van der Waals surface area contributed by atoms with Gasteiger partial charge in [-0.2, -0.15) is 39.5 Å². The predicted octanol–water partition coefficient (Wildman–Crippen LogP) is 4.32. The second-order valence-electron chi connectivity index (χ2n) is 8.90. The van der Waals surface area contributed by atoms with Crippen LogP contribution in [0.15, 0.2) is 12.8 Å². The first-order chi connectivity index (χ1) is 17.3. The zero-order chi connectivity index (χ0) is 30.0. The van der Waals surface area contributed by atoms with Crippen LogP contribution in [0.5, 0.6) is 0 Å². The first kappa shape index (κ1) is 36.4. The zero-order valence-corrected chi connectivity index (χ0v) is 20.6. The number of nitrogens with two attached hydrogens (primary N) is 1. The minimum Gasteiger partial charge on any atom is -0.434 e. The number of aliphatic hydroxyl groups is 3. The fraction of sp³-hybridized carbons (Fsp3) is 0.864. The molecule has 16 heteroatoms. The monoisotopic (exact) mass is 581 g/mol. The van der Waals surface area contributed by atoms with Crippen molar-refractivity contribution in [1.82, 2.24) is 0 Å². The molecule has 38 heavy (non-hydrogen) atoms. The number of unbranched alkanes of at least 4 members (excludes halogenated alkanes) is 6. The molecule has 7 nitrogen and oxygen atoms in total. The lowest BCUT2D eigenvalue weighted by Gasteiger charge is -2.35. The molecule has 0 bridgehead atoms. The summed E-state index contributed by atoms with van der Waals surface area (Å²) in [4.78, 5) is 12.0. The lowest BCUT2D eigenvalue weighted by molar-refractivity contribution is -0.406. The molecule has 0 rings (SSSR count). The van der Waals surface area contributed by atoms with Crippen LogP contribution in [0, 0.1) is 0 Å². The topological polar surface area (TPSA) is 122 Å². The fourth-order valence-corrected chi connectivity index (χ4v) is 3.54. The van der Waals surface area contributed by atoms with Gasteiger partial charge in [0.05, 0.1) is 19.0 Å². The van der Waals surface area contributed by atoms with E-state index in [1.165, 1.54) is 7.11 Å². The summed E-state index contributed by atoms with van der Waals surface area (Å²) in [6.07, 6.45) is -11.8. The lowest BCUT2D eigenvalue weighted by atomic mass is 9.88. The van der Waals surface area contributed by atoms with E-state index in [9.17, 15) is 59.6 Å². The van der Waals surface area contributed by atoms with Crippen molar-refractivity contribution >= 4 is 5.97 Å². The predicted molar refractivity (Wildman–Crippen MR) is 118 cm³/mol. The molecule has 0 spiro atoms.